The number of rotatable bonds is 0. The molecular weight excluding hydrogens is 262 g/mol. The lowest BCUT2D eigenvalue weighted by Crippen LogP contribution is -2.33. The molecule has 4 aromatic heterocycles. The van der Waals surface area contributed by atoms with Gasteiger partial charge in [-0.05, 0) is 18.2 Å². The van der Waals surface area contributed by atoms with Crippen LogP contribution in [0.2, 0.25) is 0 Å². The number of aryl methyl sites for hydroxylation is 2. The summed E-state index contributed by atoms with van der Waals surface area (Å²) >= 11 is 0. The van der Waals surface area contributed by atoms with Crippen LogP contribution < -0.4 is 4.57 Å². The van der Waals surface area contributed by atoms with Gasteiger partial charge in [-0.1, -0.05) is 0 Å². The average molecular weight is 279 g/mol. The van der Waals surface area contributed by atoms with E-state index < -0.39 is 6.98 Å². The highest BCUT2D eigenvalue weighted by Gasteiger charge is 2.34. The maximum Gasteiger partial charge on any atom is 0.271 e. The quantitative estimate of drug-likeness (QED) is 0.405. The van der Waals surface area contributed by atoms with Crippen LogP contribution in [-0.2, 0) is 20.6 Å². The first-order chi connectivity index (χ1) is 11.5. The van der Waals surface area contributed by atoms with Crippen LogP contribution >= 0.6 is 0 Å². The van der Waals surface area contributed by atoms with E-state index in [4.69, 9.17) is 4.11 Å². The topological polar surface area (TPSA) is 39.5 Å². The molecule has 0 spiro atoms. The van der Waals surface area contributed by atoms with Crippen LogP contribution in [0, 0.1) is 0 Å². The van der Waals surface area contributed by atoms with Gasteiger partial charge in [-0.15, -0.1) is 0 Å². The predicted molar refractivity (Wildman–Crippen MR) is 79.7 cm³/mol. The van der Waals surface area contributed by atoms with Crippen LogP contribution in [0.15, 0.2) is 36.8 Å². The first-order valence-electron chi connectivity index (χ1n) is 8.30. The highest BCUT2D eigenvalue weighted by Crippen LogP contribution is 2.33. The summed E-state index contributed by atoms with van der Waals surface area (Å²) in [4.78, 5) is 8.68. The Balaban J connectivity index is 2.02. The fourth-order valence-corrected chi connectivity index (χ4v) is 3.44. The minimum atomic E-state index is -2.28. The zero-order valence-electron chi connectivity index (χ0n) is 14.4. The van der Waals surface area contributed by atoms with Gasteiger partial charge in [0, 0.05) is 24.2 Å². The Morgan fingerprint density at radius 2 is 2.24 bits per heavy atom. The molecule has 5 heteroatoms. The summed E-state index contributed by atoms with van der Waals surface area (Å²) in [7, 11) is 1.95. The van der Waals surface area contributed by atoms with Gasteiger partial charge in [0.25, 0.3) is 5.65 Å². The molecule has 0 saturated carbocycles. The van der Waals surface area contributed by atoms with E-state index in [1.165, 1.54) is 4.57 Å². The number of nitrogens with zero attached hydrogens (tertiary/aromatic N) is 5. The molecule has 0 saturated heterocycles. The van der Waals surface area contributed by atoms with Gasteiger partial charge in [0.05, 0.1) is 30.2 Å². The van der Waals surface area contributed by atoms with Crippen molar-refractivity contribution in [2.75, 3.05) is 0 Å². The Kier molecular flexibility index (Phi) is 1.42. The minimum absolute atomic E-state index is 0.627. The van der Waals surface area contributed by atoms with Gasteiger partial charge < -0.3 is 0 Å². The zero-order valence-corrected chi connectivity index (χ0v) is 11.4. The smallest absolute Gasteiger partial charge is 0.264 e. The Labute approximate surface area is 125 Å². The standard InChI is InChI=1S/C16H14N5/c1-19-12-4-3-6-18-13(12)14-16(19)21-9-10-5-7-17-8-11(10)15(21)20(14)2/h3-8H,9H2,1-2H3/q+1/i1D3. The number of imidazole rings is 1. The molecule has 0 bridgehead atoms. The van der Waals surface area contributed by atoms with Crippen molar-refractivity contribution in [3.05, 3.63) is 42.4 Å². The van der Waals surface area contributed by atoms with Crippen molar-refractivity contribution in [2.24, 2.45) is 14.0 Å². The Morgan fingerprint density at radius 3 is 3.14 bits per heavy atom. The van der Waals surface area contributed by atoms with Crippen molar-refractivity contribution >= 4 is 22.2 Å². The number of hydrogen-bond donors (Lipinski definition) is 0. The lowest BCUT2D eigenvalue weighted by atomic mass is 10.2. The van der Waals surface area contributed by atoms with Gasteiger partial charge in [-0.2, -0.15) is 0 Å². The Morgan fingerprint density at radius 1 is 1.29 bits per heavy atom. The maximum atomic E-state index is 8.02. The number of pyridine rings is 2. The molecule has 4 aromatic rings. The minimum Gasteiger partial charge on any atom is -0.264 e. The molecule has 0 N–H and O–H groups in total. The van der Waals surface area contributed by atoms with E-state index in [2.05, 4.69) is 14.5 Å². The first-order valence-corrected chi connectivity index (χ1v) is 6.80. The third kappa shape index (κ3) is 1.15. The molecule has 102 valence electrons. The highest BCUT2D eigenvalue weighted by molar-refractivity contribution is 6.02. The summed E-state index contributed by atoms with van der Waals surface area (Å²) in [5, 5.41) is 0. The molecule has 0 amide bonds. The van der Waals surface area contributed by atoms with Gasteiger partial charge in [-0.3, -0.25) is 14.1 Å². The van der Waals surface area contributed by atoms with Gasteiger partial charge in [-0.25, -0.2) is 9.55 Å². The van der Waals surface area contributed by atoms with Crippen LogP contribution in [0.4, 0.5) is 0 Å². The Hall–Kier alpha value is -2.69. The SMILES string of the molecule is [2H]C([2H])([2H])n1c2cccnc2c2c1[n+]1c(n2C)-c2cnccc2C1. The van der Waals surface area contributed by atoms with E-state index in [1.54, 1.807) is 18.5 Å². The third-order valence-corrected chi connectivity index (χ3v) is 4.32. The molecule has 0 unspecified atom stereocenters. The summed E-state index contributed by atoms with van der Waals surface area (Å²) in [5.41, 5.74) is 5.04. The number of hydrogen-bond acceptors (Lipinski definition) is 2. The molecule has 0 atom stereocenters. The normalized spacial score (nSPS) is 15.8. The van der Waals surface area contributed by atoms with Crippen molar-refractivity contribution in [2.45, 2.75) is 6.54 Å². The zero-order chi connectivity index (χ0) is 16.6. The van der Waals surface area contributed by atoms with Crippen molar-refractivity contribution < 1.29 is 8.68 Å². The lowest BCUT2D eigenvalue weighted by molar-refractivity contribution is -0.648. The molecule has 5 nitrogen and oxygen atoms in total. The molecule has 1 aliphatic rings. The predicted octanol–water partition coefficient (Wildman–Crippen LogP) is 1.78. The van der Waals surface area contributed by atoms with E-state index in [-0.39, 0.29) is 0 Å². The fourth-order valence-electron chi connectivity index (χ4n) is 3.44. The Bertz CT molecular complexity index is 1140. The van der Waals surface area contributed by atoms with Crippen LogP contribution in [0.25, 0.3) is 33.6 Å². The van der Waals surface area contributed by atoms with Gasteiger partial charge in [0.15, 0.2) is 0 Å². The van der Waals surface area contributed by atoms with Crippen molar-refractivity contribution in [1.29, 1.82) is 0 Å². The second kappa shape index (κ2) is 3.49. The second-order valence-corrected chi connectivity index (χ2v) is 5.38. The first kappa shape index (κ1) is 8.56. The summed E-state index contributed by atoms with van der Waals surface area (Å²) in [6.07, 6.45) is 5.30. The van der Waals surface area contributed by atoms with E-state index in [9.17, 15) is 0 Å². The second-order valence-electron chi connectivity index (χ2n) is 5.38. The van der Waals surface area contributed by atoms with Crippen LogP contribution in [-0.4, -0.2) is 19.1 Å². The molecular formula is C16H14N5+. The lowest BCUT2D eigenvalue weighted by Gasteiger charge is -1.97. The molecule has 0 fully saturated rings. The third-order valence-electron chi connectivity index (χ3n) is 4.32. The van der Waals surface area contributed by atoms with Crippen LogP contribution in [0.3, 0.4) is 0 Å². The van der Waals surface area contributed by atoms with Gasteiger partial charge in [0.1, 0.15) is 11.0 Å². The van der Waals surface area contributed by atoms with E-state index in [1.807, 2.05) is 29.9 Å². The number of aromatic nitrogens is 5. The van der Waals surface area contributed by atoms with E-state index in [0.717, 1.165) is 22.5 Å². The van der Waals surface area contributed by atoms with Crippen molar-refractivity contribution in [3.63, 3.8) is 0 Å². The number of fused-ring (bicyclic) bond motifs is 7. The summed E-state index contributed by atoms with van der Waals surface area (Å²) in [5.74, 6) is 0.966. The largest absolute Gasteiger partial charge is 0.271 e. The maximum absolute atomic E-state index is 8.02. The summed E-state index contributed by atoms with van der Waals surface area (Å²) < 4.78 is 29.6. The molecule has 0 aliphatic carbocycles. The molecule has 5 rings (SSSR count). The molecule has 0 radical (unpaired) electrons. The van der Waals surface area contributed by atoms with Crippen molar-refractivity contribution in [1.82, 2.24) is 19.1 Å². The molecule has 0 aromatic carbocycles. The average Bonchev–Trinajstić information content (AvgIpc) is 3.16. The van der Waals surface area contributed by atoms with Crippen LogP contribution in [0.5, 0.6) is 0 Å². The molecule has 5 heterocycles. The fraction of sp³-hybridized carbons (Fsp3) is 0.188. The van der Waals surface area contributed by atoms with E-state index >= 15 is 0 Å². The molecule has 1 aliphatic heterocycles. The van der Waals surface area contributed by atoms with Crippen LogP contribution in [0.1, 0.15) is 9.68 Å². The summed E-state index contributed by atoms with van der Waals surface area (Å²) in [6.45, 7) is -1.64. The van der Waals surface area contributed by atoms with Crippen molar-refractivity contribution in [3.8, 4) is 11.4 Å². The monoisotopic (exact) mass is 279 g/mol. The summed E-state index contributed by atoms with van der Waals surface area (Å²) in [6, 6.07) is 5.56. The van der Waals surface area contributed by atoms with E-state index in [0.29, 0.717) is 23.2 Å². The molecule has 21 heavy (non-hydrogen) atoms. The van der Waals surface area contributed by atoms with Gasteiger partial charge >= 0.3 is 0 Å². The highest BCUT2D eigenvalue weighted by atomic mass is 15.2. The van der Waals surface area contributed by atoms with Gasteiger partial charge in [0.2, 0.25) is 11.3 Å².